The first-order valence-corrected chi connectivity index (χ1v) is 8.70. The van der Waals surface area contributed by atoms with Crippen molar-refractivity contribution < 1.29 is 4.79 Å². The van der Waals surface area contributed by atoms with Crippen LogP contribution in [-0.2, 0) is 6.42 Å². The van der Waals surface area contributed by atoms with Gasteiger partial charge in [0.05, 0.1) is 23.5 Å². The molecule has 5 nitrogen and oxygen atoms in total. The van der Waals surface area contributed by atoms with Crippen LogP contribution in [0.15, 0.2) is 55.0 Å². The number of piperidine rings is 1. The SMILES string of the molecule is O=C(c1ccnnc1)N1CCC[C@@H](Cc2ccnc3ccccc23)C1. The Morgan fingerprint density at radius 3 is 2.92 bits per heavy atom. The van der Waals surface area contributed by atoms with E-state index >= 15 is 0 Å². The minimum Gasteiger partial charge on any atom is -0.338 e. The fourth-order valence-electron chi connectivity index (χ4n) is 3.66. The zero-order valence-electron chi connectivity index (χ0n) is 14.0. The molecule has 3 aromatic rings. The minimum absolute atomic E-state index is 0.0548. The fourth-order valence-corrected chi connectivity index (χ4v) is 3.66. The Hall–Kier alpha value is -2.82. The van der Waals surface area contributed by atoms with Gasteiger partial charge in [-0.3, -0.25) is 9.78 Å². The summed E-state index contributed by atoms with van der Waals surface area (Å²) in [6.07, 6.45) is 8.15. The smallest absolute Gasteiger partial charge is 0.255 e. The van der Waals surface area contributed by atoms with E-state index in [2.05, 4.69) is 33.4 Å². The van der Waals surface area contributed by atoms with E-state index in [1.54, 1.807) is 18.5 Å². The summed E-state index contributed by atoms with van der Waals surface area (Å²) in [4.78, 5) is 19.1. The Bertz CT molecular complexity index is 876. The molecule has 0 aliphatic carbocycles. The molecule has 25 heavy (non-hydrogen) atoms. The molecule has 1 aliphatic heterocycles. The number of pyridine rings is 1. The van der Waals surface area contributed by atoms with E-state index in [9.17, 15) is 4.79 Å². The lowest BCUT2D eigenvalue weighted by atomic mass is 9.90. The van der Waals surface area contributed by atoms with Crippen LogP contribution in [0.3, 0.4) is 0 Å². The molecule has 1 aliphatic rings. The van der Waals surface area contributed by atoms with Crippen LogP contribution >= 0.6 is 0 Å². The zero-order chi connectivity index (χ0) is 17.1. The molecule has 0 unspecified atom stereocenters. The lowest BCUT2D eigenvalue weighted by molar-refractivity contribution is 0.0673. The molecule has 0 radical (unpaired) electrons. The van der Waals surface area contributed by atoms with Crippen LogP contribution < -0.4 is 0 Å². The van der Waals surface area contributed by atoms with Crippen LogP contribution in [0.2, 0.25) is 0 Å². The number of carbonyl (C=O) groups excluding carboxylic acids is 1. The number of amides is 1. The van der Waals surface area contributed by atoms with Gasteiger partial charge in [0.25, 0.3) is 5.91 Å². The Morgan fingerprint density at radius 2 is 2.04 bits per heavy atom. The van der Waals surface area contributed by atoms with Crippen molar-refractivity contribution in [3.8, 4) is 0 Å². The number of rotatable bonds is 3. The summed E-state index contributed by atoms with van der Waals surface area (Å²) in [5.41, 5.74) is 2.96. The summed E-state index contributed by atoms with van der Waals surface area (Å²) >= 11 is 0. The number of hydrogen-bond acceptors (Lipinski definition) is 4. The topological polar surface area (TPSA) is 59.0 Å². The third-order valence-corrected chi connectivity index (χ3v) is 4.89. The third-order valence-electron chi connectivity index (χ3n) is 4.89. The fraction of sp³-hybridized carbons (Fsp3) is 0.300. The van der Waals surface area contributed by atoms with Crippen molar-refractivity contribution in [3.63, 3.8) is 0 Å². The molecular formula is C20H20N4O. The third kappa shape index (κ3) is 3.36. The molecule has 3 heterocycles. The van der Waals surface area contributed by atoms with Gasteiger partial charge in [0.1, 0.15) is 0 Å². The largest absolute Gasteiger partial charge is 0.338 e. The highest BCUT2D eigenvalue weighted by Crippen LogP contribution is 2.25. The first-order valence-electron chi connectivity index (χ1n) is 8.70. The predicted molar refractivity (Wildman–Crippen MR) is 96.1 cm³/mol. The van der Waals surface area contributed by atoms with Crippen molar-refractivity contribution in [3.05, 3.63) is 66.1 Å². The van der Waals surface area contributed by atoms with Gasteiger partial charge in [-0.2, -0.15) is 10.2 Å². The maximum Gasteiger partial charge on any atom is 0.255 e. The molecule has 1 atom stereocenters. The van der Waals surface area contributed by atoms with Crippen molar-refractivity contribution in [2.24, 2.45) is 5.92 Å². The molecule has 2 aromatic heterocycles. The van der Waals surface area contributed by atoms with Gasteiger partial charge in [0.2, 0.25) is 0 Å². The van der Waals surface area contributed by atoms with Gasteiger partial charge < -0.3 is 4.90 Å². The van der Waals surface area contributed by atoms with Crippen molar-refractivity contribution in [1.29, 1.82) is 0 Å². The monoisotopic (exact) mass is 332 g/mol. The summed E-state index contributed by atoms with van der Waals surface area (Å²) in [6.45, 7) is 1.60. The van der Waals surface area contributed by atoms with Gasteiger partial charge in [-0.25, -0.2) is 0 Å². The standard InChI is InChI=1S/C20H20N4O/c25-20(17-8-10-22-23-13-17)24-11-3-4-15(14-24)12-16-7-9-21-19-6-2-1-5-18(16)19/h1-2,5-10,13,15H,3-4,11-12,14H2/t15-/m0/s1. The number of fused-ring (bicyclic) bond motifs is 1. The Morgan fingerprint density at radius 1 is 1.12 bits per heavy atom. The van der Waals surface area contributed by atoms with Crippen LogP contribution in [0.1, 0.15) is 28.8 Å². The molecule has 5 heteroatoms. The average molecular weight is 332 g/mol. The van der Waals surface area contributed by atoms with E-state index in [0.717, 1.165) is 37.9 Å². The van der Waals surface area contributed by atoms with E-state index < -0.39 is 0 Å². The lowest BCUT2D eigenvalue weighted by Crippen LogP contribution is -2.40. The zero-order valence-corrected chi connectivity index (χ0v) is 14.0. The van der Waals surface area contributed by atoms with Crippen molar-refractivity contribution >= 4 is 16.8 Å². The molecule has 0 saturated carbocycles. The van der Waals surface area contributed by atoms with Gasteiger partial charge in [-0.15, -0.1) is 0 Å². The molecule has 1 aromatic carbocycles. The number of nitrogens with zero attached hydrogens (tertiary/aromatic N) is 4. The highest BCUT2D eigenvalue weighted by molar-refractivity contribution is 5.93. The molecule has 0 bridgehead atoms. The summed E-state index contributed by atoms with van der Waals surface area (Å²) in [6, 6.07) is 12.1. The minimum atomic E-state index is 0.0548. The van der Waals surface area contributed by atoms with E-state index in [4.69, 9.17) is 0 Å². The molecule has 1 saturated heterocycles. The van der Waals surface area contributed by atoms with E-state index in [1.165, 1.54) is 10.9 Å². The molecule has 0 spiro atoms. The number of likely N-dealkylation sites (tertiary alicyclic amines) is 1. The molecule has 126 valence electrons. The van der Waals surface area contributed by atoms with Crippen LogP contribution in [-0.4, -0.2) is 39.1 Å². The maximum atomic E-state index is 12.7. The predicted octanol–water partition coefficient (Wildman–Crippen LogP) is 3.12. The second-order valence-electron chi connectivity index (χ2n) is 6.58. The van der Waals surface area contributed by atoms with Crippen LogP contribution in [0.5, 0.6) is 0 Å². The molecular weight excluding hydrogens is 312 g/mol. The average Bonchev–Trinajstić information content (AvgIpc) is 2.69. The van der Waals surface area contributed by atoms with E-state index in [1.807, 2.05) is 23.2 Å². The summed E-state index contributed by atoms with van der Waals surface area (Å²) in [5.74, 6) is 0.525. The maximum absolute atomic E-state index is 12.7. The summed E-state index contributed by atoms with van der Waals surface area (Å²) in [5, 5.41) is 8.78. The van der Waals surface area contributed by atoms with Gasteiger partial charge in [0, 0.05) is 24.7 Å². The Labute approximate surface area is 146 Å². The second kappa shape index (κ2) is 6.97. The van der Waals surface area contributed by atoms with Crippen molar-refractivity contribution in [2.75, 3.05) is 13.1 Å². The number of para-hydroxylation sites is 1. The van der Waals surface area contributed by atoms with Crippen molar-refractivity contribution in [2.45, 2.75) is 19.3 Å². The quantitative estimate of drug-likeness (QED) is 0.739. The second-order valence-corrected chi connectivity index (χ2v) is 6.58. The molecule has 4 rings (SSSR count). The molecule has 1 fully saturated rings. The number of aromatic nitrogens is 3. The molecule has 0 N–H and O–H groups in total. The van der Waals surface area contributed by atoms with Crippen LogP contribution in [0.25, 0.3) is 10.9 Å². The highest BCUT2D eigenvalue weighted by atomic mass is 16.2. The number of carbonyl (C=O) groups is 1. The Kier molecular flexibility index (Phi) is 4.37. The first kappa shape index (κ1) is 15.7. The van der Waals surface area contributed by atoms with Crippen LogP contribution in [0, 0.1) is 5.92 Å². The van der Waals surface area contributed by atoms with Crippen molar-refractivity contribution in [1.82, 2.24) is 20.1 Å². The van der Waals surface area contributed by atoms with Gasteiger partial charge in [-0.05, 0) is 48.9 Å². The Balaban J connectivity index is 1.51. The number of hydrogen-bond donors (Lipinski definition) is 0. The summed E-state index contributed by atoms with van der Waals surface area (Å²) in [7, 11) is 0. The lowest BCUT2D eigenvalue weighted by Gasteiger charge is -2.33. The van der Waals surface area contributed by atoms with Gasteiger partial charge in [-0.1, -0.05) is 18.2 Å². The van der Waals surface area contributed by atoms with E-state index in [-0.39, 0.29) is 5.91 Å². The van der Waals surface area contributed by atoms with Crippen LogP contribution in [0.4, 0.5) is 0 Å². The van der Waals surface area contributed by atoms with Gasteiger partial charge in [0.15, 0.2) is 0 Å². The number of benzene rings is 1. The molecule has 1 amide bonds. The van der Waals surface area contributed by atoms with E-state index in [0.29, 0.717) is 11.5 Å². The first-order chi connectivity index (χ1) is 12.3. The highest BCUT2D eigenvalue weighted by Gasteiger charge is 2.25. The van der Waals surface area contributed by atoms with Gasteiger partial charge >= 0.3 is 0 Å². The normalized spacial score (nSPS) is 17.6. The summed E-state index contributed by atoms with van der Waals surface area (Å²) < 4.78 is 0.